The van der Waals surface area contributed by atoms with E-state index < -0.39 is 0 Å². The molecule has 1 amide bonds. The van der Waals surface area contributed by atoms with Gasteiger partial charge in [0.25, 0.3) is 5.91 Å². The molecule has 1 aliphatic rings. The van der Waals surface area contributed by atoms with Gasteiger partial charge in [-0.05, 0) is 132 Å². The van der Waals surface area contributed by atoms with Gasteiger partial charge < -0.3 is 9.47 Å². The Bertz CT molecular complexity index is 1760. The average molecular weight is 808 g/mol. The van der Waals surface area contributed by atoms with Crippen LogP contribution in [0.4, 0.5) is 11.4 Å². The lowest BCUT2D eigenvalue weighted by Gasteiger charge is -2.17. The minimum absolute atomic E-state index is 0.203. The molecule has 0 aromatic heterocycles. The predicted octanol–water partition coefficient (Wildman–Crippen LogP) is 10.8. The van der Waals surface area contributed by atoms with Crippen molar-refractivity contribution in [1.29, 1.82) is 0 Å². The van der Waals surface area contributed by atoms with E-state index in [-0.39, 0.29) is 5.91 Å². The second-order valence-electron chi connectivity index (χ2n) is 9.69. The fraction of sp³-hybridized carbons (Fsp3) is 0.152. The van der Waals surface area contributed by atoms with Gasteiger partial charge in [0.05, 0.1) is 26.5 Å². The molecule has 1 saturated heterocycles. The van der Waals surface area contributed by atoms with Gasteiger partial charge in [-0.3, -0.25) is 9.69 Å². The normalized spacial score (nSPS) is 15.0. The van der Waals surface area contributed by atoms with E-state index in [1.54, 1.807) is 17.0 Å². The summed E-state index contributed by atoms with van der Waals surface area (Å²) in [6, 6.07) is 23.0. The van der Waals surface area contributed by atoms with Crippen LogP contribution < -0.4 is 14.4 Å². The zero-order chi connectivity index (χ0) is 30.7. The van der Waals surface area contributed by atoms with E-state index in [0.717, 1.165) is 30.3 Å². The summed E-state index contributed by atoms with van der Waals surface area (Å²) < 4.78 is 14.1. The Morgan fingerprint density at radius 3 is 2.33 bits per heavy atom. The smallest absolute Gasteiger partial charge is 0.271 e. The third-order valence-electron chi connectivity index (χ3n) is 6.53. The Balaban J connectivity index is 1.51. The number of amidine groups is 1. The molecule has 0 bridgehead atoms. The van der Waals surface area contributed by atoms with Crippen molar-refractivity contribution < 1.29 is 14.3 Å². The Labute approximate surface area is 287 Å². The molecule has 0 N–H and O–H groups in total. The van der Waals surface area contributed by atoms with Crippen LogP contribution in [-0.4, -0.2) is 17.7 Å². The molecule has 10 heteroatoms. The molecule has 0 spiro atoms. The molecule has 0 saturated carbocycles. The van der Waals surface area contributed by atoms with Crippen LogP contribution in [0.15, 0.2) is 87.2 Å². The van der Waals surface area contributed by atoms with Gasteiger partial charge in [-0.15, -0.1) is 0 Å². The first kappa shape index (κ1) is 31.9. The zero-order valence-corrected chi connectivity index (χ0v) is 29.5. The topological polar surface area (TPSA) is 51.1 Å². The minimum Gasteiger partial charge on any atom is -0.490 e. The van der Waals surface area contributed by atoms with Gasteiger partial charge in [0.1, 0.15) is 6.61 Å². The summed E-state index contributed by atoms with van der Waals surface area (Å²) >= 11 is 19.8. The Morgan fingerprint density at radius 2 is 1.65 bits per heavy atom. The SMILES string of the molecule is CCOc1cc(/C=C2/SC(=Nc3ccc(C)c(Cl)c3)N(c3ccc(C)c(Cl)c3)C2=O)cc(I)c1OCc1ccc(Br)cc1. The highest BCUT2D eigenvalue weighted by Crippen LogP contribution is 2.41. The lowest BCUT2D eigenvalue weighted by molar-refractivity contribution is -0.113. The molecule has 1 aliphatic heterocycles. The number of rotatable bonds is 8. The summed E-state index contributed by atoms with van der Waals surface area (Å²) in [5.74, 6) is 1.07. The van der Waals surface area contributed by atoms with Crippen molar-refractivity contribution in [3.8, 4) is 11.5 Å². The van der Waals surface area contributed by atoms with Gasteiger partial charge in [-0.1, -0.05) is 63.4 Å². The molecule has 220 valence electrons. The molecule has 5 rings (SSSR count). The first-order valence-corrected chi connectivity index (χ1v) is 16.8. The maximum Gasteiger partial charge on any atom is 0.271 e. The van der Waals surface area contributed by atoms with Crippen LogP contribution in [-0.2, 0) is 11.4 Å². The number of halogens is 4. The molecule has 5 nitrogen and oxygen atoms in total. The quantitative estimate of drug-likeness (QED) is 0.131. The molecule has 0 atom stereocenters. The van der Waals surface area contributed by atoms with Crippen molar-refractivity contribution in [2.75, 3.05) is 11.5 Å². The summed E-state index contributed by atoms with van der Waals surface area (Å²) in [6.07, 6.45) is 1.85. The molecule has 0 radical (unpaired) electrons. The Hall–Kier alpha value is -2.50. The highest BCUT2D eigenvalue weighted by Gasteiger charge is 2.35. The second kappa shape index (κ2) is 14.1. The average Bonchev–Trinajstić information content (AvgIpc) is 3.26. The standard InChI is InChI=1S/C33H26BrCl2IN2O3S/c1-4-41-29-14-22(13-28(37)31(29)42-18-21-7-9-23(34)10-8-21)15-30-32(40)39(25-12-6-20(3)27(36)17-25)33(43-30)38-24-11-5-19(2)26(35)16-24/h5-17H,4,18H2,1-3H3/b30-15+,38-33?. The Morgan fingerprint density at radius 1 is 0.953 bits per heavy atom. The molecule has 1 heterocycles. The number of carbonyl (C=O) groups excluding carboxylic acids is 1. The first-order valence-electron chi connectivity index (χ1n) is 13.3. The van der Waals surface area contributed by atoms with Crippen LogP contribution in [0.1, 0.15) is 29.2 Å². The number of carbonyl (C=O) groups is 1. The van der Waals surface area contributed by atoms with Crippen molar-refractivity contribution in [3.05, 3.63) is 118 Å². The largest absolute Gasteiger partial charge is 0.490 e. The predicted molar refractivity (Wildman–Crippen MR) is 191 cm³/mol. The summed E-state index contributed by atoms with van der Waals surface area (Å²) in [5, 5.41) is 1.68. The third kappa shape index (κ3) is 7.60. The van der Waals surface area contributed by atoms with Crippen LogP contribution in [0.2, 0.25) is 10.0 Å². The number of thioether (sulfide) groups is 1. The minimum atomic E-state index is -0.203. The molecular weight excluding hydrogens is 782 g/mol. The number of aryl methyl sites for hydroxylation is 2. The second-order valence-corrected chi connectivity index (χ2v) is 13.6. The van der Waals surface area contributed by atoms with Gasteiger partial charge in [0.15, 0.2) is 16.7 Å². The van der Waals surface area contributed by atoms with Gasteiger partial charge in [-0.25, -0.2) is 4.99 Å². The molecule has 4 aromatic carbocycles. The van der Waals surface area contributed by atoms with Crippen LogP contribution in [0.25, 0.3) is 6.08 Å². The molecule has 0 aliphatic carbocycles. The van der Waals surface area contributed by atoms with Crippen molar-refractivity contribution in [3.63, 3.8) is 0 Å². The van der Waals surface area contributed by atoms with Crippen LogP contribution in [0, 0.1) is 17.4 Å². The van der Waals surface area contributed by atoms with E-state index in [9.17, 15) is 4.79 Å². The van der Waals surface area contributed by atoms with Crippen LogP contribution >= 0.6 is 73.5 Å². The van der Waals surface area contributed by atoms with E-state index in [0.29, 0.717) is 56.2 Å². The van der Waals surface area contributed by atoms with E-state index in [1.165, 1.54) is 11.8 Å². The number of anilines is 1. The van der Waals surface area contributed by atoms with E-state index in [2.05, 4.69) is 38.5 Å². The lowest BCUT2D eigenvalue weighted by Crippen LogP contribution is -2.28. The number of amides is 1. The highest BCUT2D eigenvalue weighted by atomic mass is 127. The molecule has 1 fully saturated rings. The monoisotopic (exact) mass is 806 g/mol. The molecule has 43 heavy (non-hydrogen) atoms. The summed E-state index contributed by atoms with van der Waals surface area (Å²) in [7, 11) is 0. The van der Waals surface area contributed by atoms with Crippen LogP contribution in [0.3, 0.4) is 0 Å². The van der Waals surface area contributed by atoms with Crippen molar-refractivity contribution in [1.82, 2.24) is 0 Å². The molecule has 4 aromatic rings. The molecular formula is C33H26BrCl2IN2O3S. The number of aliphatic imine (C=N–C) groups is 1. The first-order chi connectivity index (χ1) is 20.6. The highest BCUT2D eigenvalue weighted by molar-refractivity contribution is 14.1. The van der Waals surface area contributed by atoms with Crippen molar-refractivity contribution in [2.45, 2.75) is 27.4 Å². The summed E-state index contributed by atoms with van der Waals surface area (Å²) in [4.78, 5) is 20.8. The summed E-state index contributed by atoms with van der Waals surface area (Å²) in [6.45, 7) is 6.65. The maximum atomic E-state index is 13.9. The zero-order valence-electron chi connectivity index (χ0n) is 23.5. The van der Waals surface area contributed by atoms with E-state index in [4.69, 9.17) is 37.7 Å². The van der Waals surface area contributed by atoms with Crippen molar-refractivity contribution in [2.24, 2.45) is 4.99 Å². The van der Waals surface area contributed by atoms with Crippen molar-refractivity contribution >= 4 is 102 Å². The maximum absolute atomic E-state index is 13.9. The number of hydrogen-bond acceptors (Lipinski definition) is 5. The fourth-order valence-corrected chi connectivity index (χ4v) is 6.62. The van der Waals surface area contributed by atoms with Gasteiger partial charge in [0.2, 0.25) is 0 Å². The lowest BCUT2D eigenvalue weighted by atomic mass is 10.1. The van der Waals surface area contributed by atoms with E-state index in [1.807, 2.05) is 87.5 Å². The van der Waals surface area contributed by atoms with Gasteiger partial charge >= 0.3 is 0 Å². The number of ether oxygens (including phenoxy) is 2. The third-order valence-corrected chi connectivity index (χ3v) is 9.64. The fourth-order valence-electron chi connectivity index (χ4n) is 4.22. The van der Waals surface area contributed by atoms with Gasteiger partial charge in [-0.2, -0.15) is 0 Å². The summed E-state index contributed by atoms with van der Waals surface area (Å²) in [5.41, 5.74) is 5.00. The number of benzene rings is 4. The molecule has 0 unspecified atom stereocenters. The number of hydrogen-bond donors (Lipinski definition) is 0. The number of nitrogens with zero attached hydrogens (tertiary/aromatic N) is 2. The van der Waals surface area contributed by atoms with Crippen LogP contribution in [0.5, 0.6) is 11.5 Å². The Kier molecular flexibility index (Phi) is 10.4. The van der Waals surface area contributed by atoms with Gasteiger partial charge in [0, 0.05) is 14.5 Å². The van der Waals surface area contributed by atoms with E-state index >= 15 is 0 Å².